The maximum Gasteiger partial charge on any atom is 0.227 e. The third kappa shape index (κ3) is 4.99. The Morgan fingerprint density at radius 3 is 2.78 bits per heavy atom. The van der Waals surface area contributed by atoms with Gasteiger partial charge in [-0.2, -0.15) is 0 Å². The number of nitrogens with zero attached hydrogens (tertiary/aromatic N) is 4. The van der Waals surface area contributed by atoms with E-state index < -0.39 is 0 Å². The van der Waals surface area contributed by atoms with Gasteiger partial charge in [-0.25, -0.2) is 4.98 Å². The van der Waals surface area contributed by atoms with Gasteiger partial charge in [-0.15, -0.1) is 0 Å². The fourth-order valence-corrected chi connectivity index (χ4v) is 4.06. The number of para-hydroxylation sites is 1. The minimum Gasteiger partial charge on any atom is -0.356 e. The lowest BCUT2D eigenvalue weighted by molar-refractivity contribution is -0.118. The predicted octanol–water partition coefficient (Wildman–Crippen LogP) is 3.45. The van der Waals surface area contributed by atoms with Crippen molar-refractivity contribution in [2.75, 3.05) is 32.1 Å². The van der Waals surface area contributed by atoms with Gasteiger partial charge in [-0.1, -0.05) is 48.5 Å². The molecule has 32 heavy (non-hydrogen) atoms. The zero-order valence-corrected chi connectivity index (χ0v) is 18.7. The number of imidazole rings is 1. The highest BCUT2D eigenvalue weighted by molar-refractivity contribution is 5.95. The first-order chi connectivity index (χ1) is 15.7. The quantitative estimate of drug-likeness (QED) is 0.342. The van der Waals surface area contributed by atoms with Crippen molar-refractivity contribution in [2.45, 2.75) is 25.8 Å². The second-order valence-electron chi connectivity index (χ2n) is 7.97. The Labute approximate surface area is 189 Å². The summed E-state index contributed by atoms with van der Waals surface area (Å²) in [5, 5.41) is 3.36. The molecule has 0 bridgehead atoms. The number of guanidine groups is 1. The number of aromatic amines is 1. The number of aromatic nitrogens is 2. The summed E-state index contributed by atoms with van der Waals surface area (Å²) in [5.74, 6) is 1.84. The predicted molar refractivity (Wildman–Crippen MR) is 129 cm³/mol. The van der Waals surface area contributed by atoms with Crippen molar-refractivity contribution in [3.63, 3.8) is 0 Å². The number of H-pyrrole nitrogens is 1. The van der Waals surface area contributed by atoms with E-state index in [0.29, 0.717) is 19.5 Å². The standard InChI is InChI=1S/C25H30N6O/c1-26-25(30(2)18-23-28-17-21(29-23)19-9-4-3-5-10-19)27-15-8-13-24(32)31-16-14-20-11-6-7-12-22(20)31/h3-7,9-12,17H,8,13-16,18H2,1-2H3,(H,26,27)(H,28,29). The van der Waals surface area contributed by atoms with E-state index in [-0.39, 0.29) is 5.91 Å². The summed E-state index contributed by atoms with van der Waals surface area (Å²) >= 11 is 0. The maximum absolute atomic E-state index is 12.7. The molecular formula is C25H30N6O. The molecule has 1 amide bonds. The van der Waals surface area contributed by atoms with E-state index in [1.807, 2.05) is 59.4 Å². The number of carbonyl (C=O) groups excluding carboxylic acids is 1. The number of rotatable bonds is 7. The average molecular weight is 431 g/mol. The first-order valence-electron chi connectivity index (χ1n) is 11.0. The molecule has 0 unspecified atom stereocenters. The van der Waals surface area contributed by atoms with Gasteiger partial charge in [0, 0.05) is 39.3 Å². The highest BCUT2D eigenvalue weighted by Crippen LogP contribution is 2.28. The van der Waals surface area contributed by atoms with Crippen LogP contribution in [0, 0.1) is 0 Å². The summed E-state index contributed by atoms with van der Waals surface area (Å²) in [6, 6.07) is 18.3. The first kappa shape index (κ1) is 21.6. The number of hydrogen-bond donors (Lipinski definition) is 2. The molecule has 0 atom stereocenters. The van der Waals surface area contributed by atoms with Crippen LogP contribution in [0.1, 0.15) is 24.2 Å². The Morgan fingerprint density at radius 2 is 1.97 bits per heavy atom. The van der Waals surface area contributed by atoms with Crippen LogP contribution in [0.15, 0.2) is 65.8 Å². The van der Waals surface area contributed by atoms with E-state index in [2.05, 4.69) is 38.5 Å². The Morgan fingerprint density at radius 1 is 1.19 bits per heavy atom. The Hall–Kier alpha value is -3.61. The lowest BCUT2D eigenvalue weighted by atomic mass is 10.2. The van der Waals surface area contributed by atoms with E-state index in [1.54, 1.807) is 7.05 Å². The number of fused-ring (bicyclic) bond motifs is 1. The highest BCUT2D eigenvalue weighted by atomic mass is 16.2. The minimum absolute atomic E-state index is 0.184. The van der Waals surface area contributed by atoms with Crippen molar-refractivity contribution >= 4 is 17.6 Å². The smallest absolute Gasteiger partial charge is 0.227 e. The number of anilines is 1. The molecule has 0 spiro atoms. The number of nitrogens with one attached hydrogen (secondary N) is 2. The number of amides is 1. The lowest BCUT2D eigenvalue weighted by Gasteiger charge is -2.21. The van der Waals surface area contributed by atoms with Gasteiger partial charge in [0.05, 0.1) is 18.4 Å². The normalized spacial score (nSPS) is 13.2. The molecule has 7 nitrogen and oxygen atoms in total. The van der Waals surface area contributed by atoms with E-state index in [0.717, 1.165) is 48.1 Å². The van der Waals surface area contributed by atoms with E-state index in [1.165, 1.54) is 5.56 Å². The zero-order valence-electron chi connectivity index (χ0n) is 18.7. The summed E-state index contributed by atoms with van der Waals surface area (Å²) in [6.07, 6.45) is 4.07. The summed E-state index contributed by atoms with van der Waals surface area (Å²) in [5.41, 5.74) is 4.43. The number of hydrogen-bond acceptors (Lipinski definition) is 3. The fraction of sp³-hybridized carbons (Fsp3) is 0.320. The fourth-order valence-electron chi connectivity index (χ4n) is 4.06. The van der Waals surface area contributed by atoms with E-state index >= 15 is 0 Å². The SMILES string of the molecule is CN=C(NCCCC(=O)N1CCc2ccccc21)N(C)Cc1ncc(-c2ccccc2)[nH]1. The number of benzene rings is 2. The summed E-state index contributed by atoms with van der Waals surface area (Å²) in [6.45, 7) is 2.08. The third-order valence-electron chi connectivity index (χ3n) is 5.71. The molecule has 1 aromatic heterocycles. The second kappa shape index (κ2) is 10.1. The lowest BCUT2D eigenvalue weighted by Crippen LogP contribution is -2.39. The van der Waals surface area contributed by atoms with Gasteiger partial charge in [0.15, 0.2) is 5.96 Å². The molecular weight excluding hydrogens is 400 g/mol. The first-order valence-corrected chi connectivity index (χ1v) is 11.0. The van der Waals surface area contributed by atoms with E-state index in [4.69, 9.17) is 0 Å². The van der Waals surface area contributed by atoms with Crippen LogP contribution >= 0.6 is 0 Å². The molecule has 0 fully saturated rings. The van der Waals surface area contributed by atoms with Crippen molar-refractivity contribution in [1.29, 1.82) is 0 Å². The zero-order chi connectivity index (χ0) is 22.3. The molecule has 2 N–H and O–H groups in total. The van der Waals surface area contributed by atoms with Gasteiger partial charge >= 0.3 is 0 Å². The van der Waals surface area contributed by atoms with Crippen LogP contribution < -0.4 is 10.2 Å². The number of aliphatic imine (C=N–C) groups is 1. The van der Waals surface area contributed by atoms with E-state index in [9.17, 15) is 4.79 Å². The molecule has 3 aromatic rings. The molecule has 2 aromatic carbocycles. The van der Waals surface area contributed by atoms with Gasteiger partial charge in [-0.05, 0) is 30.0 Å². The maximum atomic E-state index is 12.7. The van der Waals surface area contributed by atoms with Gasteiger partial charge < -0.3 is 20.1 Å². The van der Waals surface area contributed by atoms with Crippen LogP contribution in [0.5, 0.6) is 0 Å². The monoisotopic (exact) mass is 430 g/mol. The molecule has 0 saturated heterocycles. The largest absolute Gasteiger partial charge is 0.356 e. The molecule has 7 heteroatoms. The summed E-state index contributed by atoms with van der Waals surface area (Å²) in [7, 11) is 3.75. The molecule has 1 aliphatic rings. The van der Waals surface area contributed by atoms with Gasteiger partial charge in [0.2, 0.25) is 5.91 Å². The van der Waals surface area contributed by atoms with Crippen molar-refractivity contribution < 1.29 is 4.79 Å². The Kier molecular flexibility index (Phi) is 6.84. The highest BCUT2D eigenvalue weighted by Gasteiger charge is 2.23. The summed E-state index contributed by atoms with van der Waals surface area (Å²) < 4.78 is 0. The molecule has 0 saturated carbocycles. The van der Waals surface area contributed by atoms with Crippen molar-refractivity contribution in [3.8, 4) is 11.3 Å². The number of carbonyl (C=O) groups is 1. The molecule has 4 rings (SSSR count). The van der Waals surface area contributed by atoms with Gasteiger partial charge in [-0.3, -0.25) is 9.79 Å². The topological polar surface area (TPSA) is 76.6 Å². The average Bonchev–Trinajstić information content (AvgIpc) is 3.47. The van der Waals surface area contributed by atoms with Crippen molar-refractivity contribution in [3.05, 3.63) is 72.2 Å². The van der Waals surface area contributed by atoms with Crippen LogP contribution in [0.25, 0.3) is 11.3 Å². The van der Waals surface area contributed by atoms with Crippen LogP contribution in [0.3, 0.4) is 0 Å². The molecule has 0 radical (unpaired) electrons. The minimum atomic E-state index is 0.184. The van der Waals surface area contributed by atoms with Crippen molar-refractivity contribution in [2.24, 2.45) is 4.99 Å². The molecule has 166 valence electrons. The third-order valence-corrected chi connectivity index (χ3v) is 5.71. The van der Waals surface area contributed by atoms with Crippen LogP contribution in [0.2, 0.25) is 0 Å². The molecule has 2 heterocycles. The molecule has 1 aliphatic heterocycles. The Bertz CT molecular complexity index is 1070. The van der Waals surface area contributed by atoms with Crippen LogP contribution in [-0.4, -0.2) is 53.9 Å². The van der Waals surface area contributed by atoms with Gasteiger partial charge in [0.25, 0.3) is 0 Å². The van der Waals surface area contributed by atoms with Crippen LogP contribution in [0.4, 0.5) is 5.69 Å². The summed E-state index contributed by atoms with van der Waals surface area (Å²) in [4.78, 5) is 28.8. The van der Waals surface area contributed by atoms with Crippen molar-refractivity contribution in [1.82, 2.24) is 20.2 Å². The van der Waals surface area contributed by atoms with Gasteiger partial charge in [0.1, 0.15) is 5.82 Å². The molecule has 0 aliphatic carbocycles. The Balaban J connectivity index is 1.23. The second-order valence-corrected chi connectivity index (χ2v) is 7.97. The van der Waals surface area contributed by atoms with Crippen LogP contribution in [-0.2, 0) is 17.8 Å².